The van der Waals surface area contributed by atoms with E-state index in [4.69, 9.17) is 4.74 Å². The molecule has 0 aromatic heterocycles. The van der Waals surface area contributed by atoms with Crippen LogP contribution in [0.15, 0.2) is 12.3 Å². The van der Waals surface area contributed by atoms with E-state index in [-0.39, 0.29) is 0 Å². The van der Waals surface area contributed by atoms with Gasteiger partial charge in [-0.2, -0.15) is 0 Å². The van der Waals surface area contributed by atoms with Gasteiger partial charge in [-0.15, -0.1) is 0 Å². The molecule has 9 heavy (non-hydrogen) atoms. The van der Waals surface area contributed by atoms with Crippen LogP contribution in [0.2, 0.25) is 0 Å². The summed E-state index contributed by atoms with van der Waals surface area (Å²) in [5, 5.41) is 0. The predicted octanol–water partition coefficient (Wildman–Crippen LogP) is 2.19. The molecular weight excluding hydrogens is 112 g/mol. The Morgan fingerprint density at radius 2 is 1.89 bits per heavy atom. The molecule has 0 saturated heterocycles. The van der Waals surface area contributed by atoms with Crippen LogP contribution in [0, 0.1) is 11.8 Å². The Hall–Kier alpha value is -0.460. The van der Waals surface area contributed by atoms with Gasteiger partial charge in [0.2, 0.25) is 0 Å². The highest BCUT2D eigenvalue weighted by Crippen LogP contribution is 2.22. The van der Waals surface area contributed by atoms with E-state index in [1.165, 1.54) is 0 Å². The first-order valence-corrected chi connectivity index (χ1v) is 3.54. The molecule has 0 aromatic carbocycles. The number of allylic oxidation sites excluding steroid dienone is 1. The molecular formula is C8H14O. The van der Waals surface area contributed by atoms with Crippen LogP contribution < -0.4 is 0 Å². The van der Waals surface area contributed by atoms with Crippen LogP contribution in [0.3, 0.4) is 0 Å². The van der Waals surface area contributed by atoms with Crippen molar-refractivity contribution in [1.29, 1.82) is 0 Å². The highest BCUT2D eigenvalue weighted by Gasteiger charge is 2.20. The molecule has 1 aliphatic heterocycles. The van der Waals surface area contributed by atoms with Crippen LogP contribution in [0.25, 0.3) is 0 Å². The molecule has 0 aliphatic carbocycles. The summed E-state index contributed by atoms with van der Waals surface area (Å²) in [6.07, 6.45) is 4.32. The normalized spacial score (nSPS) is 42.3. The molecule has 0 aromatic rings. The van der Waals surface area contributed by atoms with Gasteiger partial charge in [-0.1, -0.05) is 13.8 Å². The summed E-state index contributed by atoms with van der Waals surface area (Å²) in [5.74, 6) is 1.34. The Kier molecular flexibility index (Phi) is 1.79. The van der Waals surface area contributed by atoms with Crippen molar-refractivity contribution in [1.82, 2.24) is 0 Å². The molecule has 52 valence electrons. The smallest absolute Gasteiger partial charge is 0.0981 e. The third kappa shape index (κ3) is 1.26. The van der Waals surface area contributed by atoms with E-state index >= 15 is 0 Å². The molecule has 0 fully saturated rings. The molecule has 0 saturated carbocycles. The number of ether oxygens (including phenoxy) is 1. The maximum Gasteiger partial charge on any atom is 0.0981 e. The van der Waals surface area contributed by atoms with Gasteiger partial charge in [-0.05, 0) is 24.8 Å². The van der Waals surface area contributed by atoms with E-state index in [1.54, 1.807) is 0 Å². The summed E-state index contributed by atoms with van der Waals surface area (Å²) >= 11 is 0. The summed E-state index contributed by atoms with van der Waals surface area (Å²) in [5.41, 5.74) is 0. The molecule has 0 radical (unpaired) electrons. The highest BCUT2D eigenvalue weighted by atomic mass is 16.5. The van der Waals surface area contributed by atoms with Crippen molar-refractivity contribution in [3.63, 3.8) is 0 Å². The maximum atomic E-state index is 5.28. The predicted molar refractivity (Wildman–Crippen MR) is 38.0 cm³/mol. The summed E-state index contributed by atoms with van der Waals surface area (Å²) in [6.45, 7) is 6.56. The SMILES string of the molecule is C[C@@H]1[C@H](C)OC=C[C@@H]1C. The van der Waals surface area contributed by atoms with Crippen molar-refractivity contribution in [2.24, 2.45) is 11.8 Å². The van der Waals surface area contributed by atoms with Crippen molar-refractivity contribution >= 4 is 0 Å². The Bertz CT molecular complexity index is 118. The molecule has 1 heterocycles. The lowest BCUT2D eigenvalue weighted by Gasteiger charge is -2.27. The third-order valence-electron chi connectivity index (χ3n) is 2.25. The Labute approximate surface area is 56.7 Å². The van der Waals surface area contributed by atoms with Gasteiger partial charge >= 0.3 is 0 Å². The molecule has 0 amide bonds. The van der Waals surface area contributed by atoms with Gasteiger partial charge in [0.05, 0.1) is 12.4 Å². The first-order valence-electron chi connectivity index (χ1n) is 3.54. The lowest BCUT2D eigenvalue weighted by Crippen LogP contribution is -2.24. The van der Waals surface area contributed by atoms with E-state index < -0.39 is 0 Å². The standard InChI is InChI=1S/C8H14O/c1-6-4-5-9-8(3)7(6)2/h4-8H,1-3H3/t6-,7-,8-/m0/s1. The summed E-state index contributed by atoms with van der Waals surface area (Å²) < 4.78 is 5.28. The quantitative estimate of drug-likeness (QED) is 0.483. The topological polar surface area (TPSA) is 9.23 Å². The molecule has 1 heteroatoms. The van der Waals surface area contributed by atoms with Crippen LogP contribution in [-0.2, 0) is 4.74 Å². The maximum absolute atomic E-state index is 5.28. The lowest BCUT2D eigenvalue weighted by molar-refractivity contribution is 0.0742. The van der Waals surface area contributed by atoms with Crippen molar-refractivity contribution in [2.45, 2.75) is 26.9 Å². The zero-order valence-corrected chi connectivity index (χ0v) is 6.29. The van der Waals surface area contributed by atoms with Gasteiger partial charge in [0, 0.05) is 0 Å². The zero-order chi connectivity index (χ0) is 6.85. The molecule has 1 rings (SSSR count). The molecule has 0 spiro atoms. The van der Waals surface area contributed by atoms with E-state index in [0.29, 0.717) is 17.9 Å². The number of rotatable bonds is 0. The molecule has 3 atom stereocenters. The summed E-state index contributed by atoms with van der Waals surface area (Å²) in [4.78, 5) is 0. The minimum absolute atomic E-state index is 0.394. The van der Waals surface area contributed by atoms with Gasteiger partial charge in [-0.3, -0.25) is 0 Å². The van der Waals surface area contributed by atoms with Crippen molar-refractivity contribution in [2.75, 3.05) is 0 Å². The Morgan fingerprint density at radius 3 is 2.33 bits per heavy atom. The Balaban J connectivity index is 2.58. The Morgan fingerprint density at radius 1 is 1.22 bits per heavy atom. The average Bonchev–Trinajstić information content (AvgIpc) is 1.83. The molecule has 0 bridgehead atoms. The van der Waals surface area contributed by atoms with Crippen LogP contribution in [0.1, 0.15) is 20.8 Å². The van der Waals surface area contributed by atoms with Crippen LogP contribution in [0.4, 0.5) is 0 Å². The van der Waals surface area contributed by atoms with Crippen molar-refractivity contribution < 1.29 is 4.74 Å². The fourth-order valence-electron chi connectivity index (χ4n) is 1.02. The second-order valence-electron chi connectivity index (χ2n) is 2.89. The third-order valence-corrected chi connectivity index (χ3v) is 2.25. The van der Waals surface area contributed by atoms with E-state index in [9.17, 15) is 0 Å². The second-order valence-corrected chi connectivity index (χ2v) is 2.89. The lowest BCUT2D eigenvalue weighted by atomic mass is 9.90. The van der Waals surface area contributed by atoms with Crippen LogP contribution in [-0.4, -0.2) is 6.10 Å². The van der Waals surface area contributed by atoms with E-state index in [2.05, 4.69) is 26.8 Å². The van der Waals surface area contributed by atoms with Gasteiger partial charge in [0.1, 0.15) is 0 Å². The monoisotopic (exact) mass is 126 g/mol. The largest absolute Gasteiger partial charge is 0.498 e. The summed E-state index contributed by atoms with van der Waals surface area (Å²) in [7, 11) is 0. The van der Waals surface area contributed by atoms with Crippen molar-refractivity contribution in [3.05, 3.63) is 12.3 Å². The van der Waals surface area contributed by atoms with Crippen molar-refractivity contribution in [3.8, 4) is 0 Å². The van der Waals surface area contributed by atoms with Gasteiger partial charge in [0.25, 0.3) is 0 Å². The average molecular weight is 126 g/mol. The first kappa shape index (κ1) is 6.66. The molecule has 0 N–H and O–H groups in total. The molecule has 1 nitrogen and oxygen atoms in total. The van der Waals surface area contributed by atoms with Gasteiger partial charge < -0.3 is 4.74 Å². The number of hydrogen-bond acceptors (Lipinski definition) is 1. The minimum atomic E-state index is 0.394. The van der Waals surface area contributed by atoms with E-state index in [0.717, 1.165) is 0 Å². The molecule has 1 aliphatic rings. The molecule has 0 unspecified atom stereocenters. The first-order chi connectivity index (χ1) is 4.22. The number of hydrogen-bond donors (Lipinski definition) is 0. The van der Waals surface area contributed by atoms with Gasteiger partial charge in [-0.25, -0.2) is 0 Å². The minimum Gasteiger partial charge on any atom is -0.498 e. The highest BCUT2D eigenvalue weighted by molar-refractivity contribution is 4.90. The zero-order valence-electron chi connectivity index (χ0n) is 6.29. The fraction of sp³-hybridized carbons (Fsp3) is 0.750. The fourth-order valence-corrected chi connectivity index (χ4v) is 1.02. The second kappa shape index (κ2) is 2.42. The van der Waals surface area contributed by atoms with Gasteiger partial charge in [0.15, 0.2) is 0 Å². The van der Waals surface area contributed by atoms with E-state index in [1.807, 2.05) is 6.26 Å². The van der Waals surface area contributed by atoms with Crippen LogP contribution >= 0.6 is 0 Å². The summed E-state index contributed by atoms with van der Waals surface area (Å²) in [6, 6.07) is 0. The van der Waals surface area contributed by atoms with Crippen LogP contribution in [0.5, 0.6) is 0 Å².